The number of benzene rings is 1. The van der Waals surface area contributed by atoms with Crippen LogP contribution in [0.5, 0.6) is 0 Å². The van der Waals surface area contributed by atoms with Crippen LogP contribution in [0.1, 0.15) is 33.8 Å². The number of halogens is 1. The van der Waals surface area contributed by atoms with Crippen molar-refractivity contribution >= 4 is 28.5 Å². The molecular formula is C18H15ClN6O2. The number of nitrogens with zero attached hydrogens (tertiary/aromatic N) is 5. The van der Waals surface area contributed by atoms with Gasteiger partial charge in [-0.05, 0) is 23.7 Å². The molecule has 1 amide bonds. The molecule has 5 rings (SSSR count). The average Bonchev–Trinajstić information content (AvgIpc) is 3.37. The van der Waals surface area contributed by atoms with Crippen LogP contribution < -0.4 is 0 Å². The number of para-hydroxylation sites is 1. The number of nitrogens with one attached hydrogen (secondary N) is 1. The number of fused-ring (bicyclic) bond motifs is 2. The highest BCUT2D eigenvalue weighted by Gasteiger charge is 2.38. The molecule has 0 fully saturated rings. The zero-order chi connectivity index (χ0) is 18.5. The molecule has 0 radical (unpaired) electrons. The first-order valence-corrected chi connectivity index (χ1v) is 8.88. The first-order valence-electron chi connectivity index (χ1n) is 8.50. The standard InChI is InChI=1S/C18H15ClN6O2/c1-24-16(22-18(19)23-24)17(26)25-7-6-11-14(21-9-20-11)15(25)13-8-10-4-2-3-5-12(10)27-13/h2-5,8-9,15H,6-7H2,1H3,(H,20,21)/t15-/m1/s1. The third-order valence-corrected chi connectivity index (χ3v) is 4.99. The van der Waals surface area contributed by atoms with Crippen LogP contribution in [0.25, 0.3) is 11.0 Å². The number of imidazole rings is 1. The fourth-order valence-electron chi connectivity index (χ4n) is 3.59. The summed E-state index contributed by atoms with van der Waals surface area (Å²) in [7, 11) is 1.65. The summed E-state index contributed by atoms with van der Waals surface area (Å²) in [5.74, 6) is 0.571. The van der Waals surface area contributed by atoms with Gasteiger partial charge in [-0.1, -0.05) is 18.2 Å². The number of hydrogen-bond donors (Lipinski definition) is 1. The van der Waals surface area contributed by atoms with Crippen LogP contribution in [0.3, 0.4) is 0 Å². The predicted octanol–water partition coefficient (Wildman–Crippen LogP) is 2.73. The molecule has 0 aliphatic carbocycles. The van der Waals surface area contributed by atoms with E-state index >= 15 is 0 Å². The second-order valence-corrected chi connectivity index (χ2v) is 6.77. The van der Waals surface area contributed by atoms with E-state index in [1.807, 2.05) is 30.3 Å². The minimum absolute atomic E-state index is 0.0404. The summed E-state index contributed by atoms with van der Waals surface area (Å²) < 4.78 is 7.46. The highest BCUT2D eigenvalue weighted by Crippen LogP contribution is 2.36. The molecular weight excluding hydrogens is 368 g/mol. The minimum atomic E-state index is -0.449. The number of hydrogen-bond acceptors (Lipinski definition) is 5. The highest BCUT2D eigenvalue weighted by atomic mass is 35.5. The maximum atomic E-state index is 13.2. The maximum absolute atomic E-state index is 13.2. The van der Waals surface area contributed by atoms with Crippen molar-refractivity contribution in [3.05, 3.63) is 64.9 Å². The summed E-state index contributed by atoms with van der Waals surface area (Å²) in [6, 6.07) is 9.25. The molecule has 1 N–H and O–H groups in total. The second kappa shape index (κ2) is 5.95. The molecule has 4 heterocycles. The Balaban J connectivity index is 1.64. The third kappa shape index (κ3) is 2.52. The van der Waals surface area contributed by atoms with E-state index < -0.39 is 6.04 Å². The smallest absolute Gasteiger partial charge is 0.292 e. The number of amides is 1. The molecule has 1 atom stereocenters. The van der Waals surface area contributed by atoms with Crippen LogP contribution in [0.15, 0.2) is 41.1 Å². The quantitative estimate of drug-likeness (QED) is 0.575. The first-order chi connectivity index (χ1) is 13.1. The van der Waals surface area contributed by atoms with E-state index in [1.54, 1.807) is 18.3 Å². The lowest BCUT2D eigenvalue weighted by Crippen LogP contribution is -2.41. The molecule has 8 nitrogen and oxygen atoms in total. The van der Waals surface area contributed by atoms with Crippen molar-refractivity contribution in [3.63, 3.8) is 0 Å². The third-order valence-electron chi connectivity index (χ3n) is 4.83. The number of aromatic amines is 1. The van der Waals surface area contributed by atoms with Gasteiger partial charge in [-0.15, -0.1) is 5.10 Å². The monoisotopic (exact) mass is 382 g/mol. The largest absolute Gasteiger partial charge is 0.458 e. The minimum Gasteiger partial charge on any atom is -0.458 e. The lowest BCUT2D eigenvalue weighted by Gasteiger charge is -2.33. The van der Waals surface area contributed by atoms with Crippen molar-refractivity contribution in [2.75, 3.05) is 6.54 Å². The van der Waals surface area contributed by atoms with Gasteiger partial charge in [0.05, 0.1) is 12.0 Å². The van der Waals surface area contributed by atoms with Gasteiger partial charge in [0.25, 0.3) is 5.91 Å². The van der Waals surface area contributed by atoms with Gasteiger partial charge in [0.15, 0.2) is 0 Å². The van der Waals surface area contributed by atoms with E-state index in [4.69, 9.17) is 16.0 Å². The number of aromatic nitrogens is 5. The van der Waals surface area contributed by atoms with Gasteiger partial charge in [-0.3, -0.25) is 4.79 Å². The van der Waals surface area contributed by atoms with Gasteiger partial charge in [-0.25, -0.2) is 9.67 Å². The Morgan fingerprint density at radius 2 is 2.22 bits per heavy atom. The highest BCUT2D eigenvalue weighted by molar-refractivity contribution is 6.28. The predicted molar refractivity (Wildman–Crippen MR) is 97.4 cm³/mol. The number of rotatable bonds is 2. The molecule has 0 unspecified atom stereocenters. The van der Waals surface area contributed by atoms with Crippen LogP contribution >= 0.6 is 11.6 Å². The van der Waals surface area contributed by atoms with Crippen molar-refractivity contribution in [2.24, 2.45) is 7.05 Å². The molecule has 0 saturated carbocycles. The van der Waals surface area contributed by atoms with E-state index in [9.17, 15) is 4.79 Å². The fraction of sp³-hybridized carbons (Fsp3) is 0.222. The van der Waals surface area contributed by atoms with Crippen LogP contribution in [0, 0.1) is 0 Å². The number of aryl methyl sites for hydroxylation is 1. The van der Waals surface area contributed by atoms with Gasteiger partial charge < -0.3 is 14.3 Å². The van der Waals surface area contributed by atoms with Crippen LogP contribution in [-0.2, 0) is 13.5 Å². The Bertz CT molecular complexity index is 1130. The first kappa shape index (κ1) is 16.1. The summed E-state index contributed by atoms with van der Waals surface area (Å²) >= 11 is 5.87. The average molecular weight is 383 g/mol. The SMILES string of the molecule is Cn1nc(Cl)nc1C(=O)N1CCc2[nH]cnc2[C@H]1c1cc2ccccc2o1. The van der Waals surface area contributed by atoms with Crippen LogP contribution in [-0.4, -0.2) is 42.1 Å². The number of H-pyrrole nitrogens is 1. The van der Waals surface area contributed by atoms with Crippen molar-refractivity contribution in [1.82, 2.24) is 29.6 Å². The molecule has 4 aromatic rings. The molecule has 1 aromatic carbocycles. The van der Waals surface area contributed by atoms with E-state index in [1.165, 1.54) is 4.68 Å². The van der Waals surface area contributed by atoms with Gasteiger partial charge in [0.1, 0.15) is 17.4 Å². The summed E-state index contributed by atoms with van der Waals surface area (Å²) in [5, 5.41) is 4.99. The summed E-state index contributed by atoms with van der Waals surface area (Å²) in [6.45, 7) is 0.500. The maximum Gasteiger partial charge on any atom is 0.292 e. The molecule has 3 aromatic heterocycles. The molecule has 9 heteroatoms. The van der Waals surface area contributed by atoms with Gasteiger partial charge in [0.2, 0.25) is 11.1 Å². The zero-order valence-electron chi connectivity index (χ0n) is 14.4. The molecule has 1 aliphatic rings. The van der Waals surface area contributed by atoms with Crippen molar-refractivity contribution in [2.45, 2.75) is 12.5 Å². The van der Waals surface area contributed by atoms with Crippen LogP contribution in [0.2, 0.25) is 5.28 Å². The lowest BCUT2D eigenvalue weighted by molar-refractivity contribution is 0.0655. The Hall–Kier alpha value is -3.13. The number of carbonyl (C=O) groups excluding carboxylic acids is 1. The molecule has 0 spiro atoms. The summed E-state index contributed by atoms with van der Waals surface area (Å²) in [4.78, 5) is 26.6. The fourth-order valence-corrected chi connectivity index (χ4v) is 3.78. The topological polar surface area (TPSA) is 92.8 Å². The van der Waals surface area contributed by atoms with E-state index in [0.717, 1.165) is 22.4 Å². The van der Waals surface area contributed by atoms with Crippen molar-refractivity contribution < 1.29 is 9.21 Å². The lowest BCUT2D eigenvalue weighted by atomic mass is 10.00. The molecule has 136 valence electrons. The Labute approximate surface area is 158 Å². The van der Waals surface area contributed by atoms with E-state index in [2.05, 4.69) is 20.1 Å². The van der Waals surface area contributed by atoms with E-state index in [-0.39, 0.29) is 17.0 Å². The van der Waals surface area contributed by atoms with E-state index in [0.29, 0.717) is 18.7 Å². The van der Waals surface area contributed by atoms with Crippen molar-refractivity contribution in [1.29, 1.82) is 0 Å². The second-order valence-electron chi connectivity index (χ2n) is 6.43. The summed E-state index contributed by atoms with van der Waals surface area (Å²) in [5.41, 5.74) is 2.55. The molecule has 0 bridgehead atoms. The molecule has 27 heavy (non-hydrogen) atoms. The molecule has 1 aliphatic heterocycles. The normalized spacial score (nSPS) is 16.7. The van der Waals surface area contributed by atoms with Gasteiger partial charge in [0, 0.05) is 31.1 Å². The molecule has 0 saturated heterocycles. The Morgan fingerprint density at radius 1 is 1.37 bits per heavy atom. The van der Waals surface area contributed by atoms with Gasteiger partial charge in [-0.2, -0.15) is 4.98 Å². The number of furan rings is 1. The van der Waals surface area contributed by atoms with Crippen LogP contribution in [0.4, 0.5) is 0 Å². The number of carbonyl (C=O) groups is 1. The van der Waals surface area contributed by atoms with Gasteiger partial charge >= 0.3 is 0 Å². The zero-order valence-corrected chi connectivity index (χ0v) is 15.1. The Morgan fingerprint density at radius 3 is 3.00 bits per heavy atom. The van der Waals surface area contributed by atoms with Crippen molar-refractivity contribution in [3.8, 4) is 0 Å². The summed E-state index contributed by atoms with van der Waals surface area (Å²) in [6.07, 6.45) is 2.32. The Kier molecular flexibility index (Phi) is 3.54.